The molecule has 1 aliphatic heterocycles. The summed E-state index contributed by atoms with van der Waals surface area (Å²) in [5.74, 6) is -0.0696. The molecule has 2 amide bonds. The summed E-state index contributed by atoms with van der Waals surface area (Å²) in [6.45, 7) is 8.83. The number of carbonyl (C=O) groups is 2. The van der Waals surface area contributed by atoms with Crippen molar-refractivity contribution < 1.29 is 14.3 Å². The van der Waals surface area contributed by atoms with Crippen molar-refractivity contribution >= 4 is 35.1 Å². The molecular formula is C23H30ClN5O3. The van der Waals surface area contributed by atoms with E-state index in [1.165, 1.54) is 5.56 Å². The van der Waals surface area contributed by atoms with Gasteiger partial charge in [0, 0.05) is 18.8 Å². The van der Waals surface area contributed by atoms with Crippen LogP contribution in [-0.2, 0) is 11.2 Å². The molecule has 1 aromatic carbocycles. The van der Waals surface area contributed by atoms with Gasteiger partial charge < -0.3 is 20.7 Å². The van der Waals surface area contributed by atoms with E-state index in [1.807, 2.05) is 52.0 Å². The Labute approximate surface area is 193 Å². The minimum atomic E-state index is -0.667. The van der Waals surface area contributed by atoms with Crippen LogP contribution in [0.1, 0.15) is 68.2 Å². The molecule has 1 saturated heterocycles. The van der Waals surface area contributed by atoms with Crippen molar-refractivity contribution in [1.29, 1.82) is 0 Å². The van der Waals surface area contributed by atoms with E-state index in [9.17, 15) is 9.59 Å². The number of anilines is 2. The highest BCUT2D eigenvalue weighted by atomic mass is 35.5. The average molecular weight is 460 g/mol. The number of carbonyl (C=O) groups excluding carboxylic acids is 2. The van der Waals surface area contributed by atoms with E-state index in [0.29, 0.717) is 31.1 Å². The minimum absolute atomic E-state index is 0.0600. The first-order chi connectivity index (χ1) is 15.1. The van der Waals surface area contributed by atoms with Gasteiger partial charge >= 0.3 is 6.09 Å². The molecule has 8 nitrogen and oxygen atoms in total. The third-order valence-corrected chi connectivity index (χ3v) is 5.58. The Hall–Kier alpha value is -2.87. The summed E-state index contributed by atoms with van der Waals surface area (Å²) in [4.78, 5) is 34.3. The highest BCUT2D eigenvalue weighted by Gasteiger charge is 2.27. The number of hydrogen-bond acceptors (Lipinski definition) is 6. The zero-order valence-electron chi connectivity index (χ0n) is 18.9. The van der Waals surface area contributed by atoms with Crippen molar-refractivity contribution in [3.63, 3.8) is 0 Å². The van der Waals surface area contributed by atoms with E-state index in [2.05, 4.69) is 15.3 Å². The second-order valence-corrected chi connectivity index (χ2v) is 9.22. The standard InChI is InChI=1S/C23H30ClN5O3/c1-5-17-19(24)28-21(18(27-17)20(25)30)26-16-8-6-14(7-9-16)15-10-12-29(13-11-15)22(31)32-23(2,3)4/h6-9,15H,5,10-13H2,1-4H3,(H2,25,30)(H,26,28). The number of hydrogen-bond donors (Lipinski definition) is 2. The van der Waals surface area contributed by atoms with Gasteiger partial charge in [0.2, 0.25) is 0 Å². The van der Waals surface area contributed by atoms with Crippen LogP contribution in [0.15, 0.2) is 24.3 Å². The van der Waals surface area contributed by atoms with Crippen LogP contribution in [0.4, 0.5) is 16.3 Å². The number of nitrogens with one attached hydrogen (secondary N) is 1. The molecule has 0 unspecified atom stereocenters. The van der Waals surface area contributed by atoms with E-state index < -0.39 is 11.5 Å². The minimum Gasteiger partial charge on any atom is -0.444 e. The highest BCUT2D eigenvalue weighted by molar-refractivity contribution is 6.30. The number of likely N-dealkylation sites (tertiary alicyclic amines) is 1. The van der Waals surface area contributed by atoms with Gasteiger partial charge in [0.1, 0.15) is 5.60 Å². The Morgan fingerprint density at radius 3 is 2.34 bits per heavy atom. The fraction of sp³-hybridized carbons (Fsp3) is 0.478. The SMILES string of the molecule is CCc1nc(C(N)=O)c(Nc2ccc(C3CCN(C(=O)OC(C)(C)C)CC3)cc2)nc1Cl. The average Bonchev–Trinajstić information content (AvgIpc) is 2.73. The Kier molecular flexibility index (Phi) is 7.23. The highest BCUT2D eigenvalue weighted by Crippen LogP contribution is 2.30. The van der Waals surface area contributed by atoms with Crippen LogP contribution in [0.2, 0.25) is 5.15 Å². The number of nitrogens with two attached hydrogens (primary N) is 1. The summed E-state index contributed by atoms with van der Waals surface area (Å²) in [5, 5.41) is 3.34. The van der Waals surface area contributed by atoms with E-state index >= 15 is 0 Å². The van der Waals surface area contributed by atoms with Gasteiger partial charge in [0.25, 0.3) is 5.91 Å². The lowest BCUT2D eigenvalue weighted by Gasteiger charge is -2.33. The van der Waals surface area contributed by atoms with E-state index in [-0.39, 0.29) is 22.8 Å². The largest absolute Gasteiger partial charge is 0.444 e. The molecule has 0 atom stereocenters. The van der Waals surface area contributed by atoms with E-state index in [4.69, 9.17) is 22.1 Å². The van der Waals surface area contributed by atoms with Crippen LogP contribution >= 0.6 is 11.6 Å². The quantitative estimate of drug-likeness (QED) is 0.673. The molecule has 0 saturated carbocycles. The van der Waals surface area contributed by atoms with Crippen molar-refractivity contribution in [3.8, 4) is 0 Å². The molecule has 0 bridgehead atoms. The molecule has 172 valence electrons. The van der Waals surface area contributed by atoms with Gasteiger partial charge in [-0.3, -0.25) is 4.79 Å². The van der Waals surface area contributed by atoms with Crippen molar-refractivity contribution in [1.82, 2.24) is 14.9 Å². The zero-order valence-corrected chi connectivity index (χ0v) is 19.7. The molecular weight excluding hydrogens is 430 g/mol. The maximum Gasteiger partial charge on any atom is 0.410 e. The fourth-order valence-electron chi connectivity index (χ4n) is 3.63. The van der Waals surface area contributed by atoms with Crippen LogP contribution in [0, 0.1) is 0 Å². The summed E-state index contributed by atoms with van der Waals surface area (Å²) < 4.78 is 5.47. The maximum absolute atomic E-state index is 12.3. The summed E-state index contributed by atoms with van der Waals surface area (Å²) in [6.07, 6.45) is 2.04. The van der Waals surface area contributed by atoms with Crippen LogP contribution in [0.5, 0.6) is 0 Å². The first-order valence-electron chi connectivity index (χ1n) is 10.8. The number of nitrogens with zero attached hydrogens (tertiary/aromatic N) is 3. The fourth-order valence-corrected chi connectivity index (χ4v) is 3.89. The summed E-state index contributed by atoms with van der Waals surface area (Å²) in [5.41, 5.74) is 7.51. The van der Waals surface area contributed by atoms with E-state index in [0.717, 1.165) is 18.5 Å². The van der Waals surface area contributed by atoms with Crippen molar-refractivity contribution in [2.75, 3.05) is 18.4 Å². The Morgan fingerprint density at radius 1 is 1.19 bits per heavy atom. The smallest absolute Gasteiger partial charge is 0.410 e. The molecule has 1 aromatic heterocycles. The lowest BCUT2D eigenvalue weighted by atomic mass is 9.89. The number of aryl methyl sites for hydroxylation is 1. The van der Waals surface area contributed by atoms with Crippen molar-refractivity contribution in [2.24, 2.45) is 5.73 Å². The molecule has 3 N–H and O–H groups in total. The lowest BCUT2D eigenvalue weighted by Crippen LogP contribution is -2.41. The number of primary amides is 1. The van der Waals surface area contributed by atoms with E-state index in [1.54, 1.807) is 4.90 Å². The molecule has 0 radical (unpaired) electrons. The number of piperidine rings is 1. The number of rotatable bonds is 5. The molecule has 3 rings (SSSR count). The second-order valence-electron chi connectivity index (χ2n) is 8.86. The molecule has 1 fully saturated rings. The Bertz CT molecular complexity index is 980. The van der Waals surface area contributed by atoms with Gasteiger partial charge in [-0.1, -0.05) is 30.7 Å². The predicted molar refractivity (Wildman–Crippen MR) is 124 cm³/mol. The first-order valence-corrected chi connectivity index (χ1v) is 11.2. The Morgan fingerprint density at radius 2 is 1.81 bits per heavy atom. The number of aromatic nitrogens is 2. The first kappa shape index (κ1) is 23.8. The molecule has 32 heavy (non-hydrogen) atoms. The summed E-state index contributed by atoms with van der Waals surface area (Å²) in [6, 6.07) is 7.92. The molecule has 9 heteroatoms. The van der Waals surface area contributed by atoms with Crippen LogP contribution in [0.3, 0.4) is 0 Å². The van der Waals surface area contributed by atoms with Crippen molar-refractivity contribution in [2.45, 2.75) is 58.5 Å². The number of amides is 2. The normalized spacial score (nSPS) is 14.8. The van der Waals surface area contributed by atoms with Gasteiger partial charge in [0.15, 0.2) is 16.7 Å². The molecule has 2 heterocycles. The number of halogens is 1. The molecule has 2 aromatic rings. The number of benzene rings is 1. The Balaban J connectivity index is 1.65. The van der Waals surface area contributed by atoms with Gasteiger partial charge in [-0.05, 0) is 63.6 Å². The lowest BCUT2D eigenvalue weighted by molar-refractivity contribution is 0.0204. The third-order valence-electron chi connectivity index (χ3n) is 5.28. The maximum atomic E-state index is 12.3. The van der Waals surface area contributed by atoms with Gasteiger partial charge in [-0.25, -0.2) is 14.8 Å². The van der Waals surface area contributed by atoms with Gasteiger partial charge in [-0.2, -0.15) is 0 Å². The van der Waals surface area contributed by atoms with Crippen molar-refractivity contribution in [3.05, 3.63) is 46.4 Å². The van der Waals surface area contributed by atoms with Crippen LogP contribution in [0.25, 0.3) is 0 Å². The summed E-state index contributed by atoms with van der Waals surface area (Å²) >= 11 is 6.17. The topological polar surface area (TPSA) is 110 Å². The molecule has 1 aliphatic rings. The summed E-state index contributed by atoms with van der Waals surface area (Å²) in [7, 11) is 0. The van der Waals surface area contributed by atoms with Crippen LogP contribution in [-0.4, -0.2) is 45.6 Å². The second kappa shape index (κ2) is 9.73. The predicted octanol–water partition coefficient (Wildman–Crippen LogP) is 4.65. The molecule has 0 aliphatic carbocycles. The monoisotopic (exact) mass is 459 g/mol. The molecule has 0 spiro atoms. The number of ether oxygens (including phenoxy) is 1. The zero-order chi connectivity index (χ0) is 23.5. The third kappa shape index (κ3) is 5.88. The van der Waals surface area contributed by atoms with Gasteiger partial charge in [0.05, 0.1) is 5.69 Å². The van der Waals surface area contributed by atoms with Crippen LogP contribution < -0.4 is 11.1 Å². The van der Waals surface area contributed by atoms with Gasteiger partial charge in [-0.15, -0.1) is 0 Å².